The molecule has 0 aliphatic carbocycles. The number of nitrogens with two attached hydrogens (primary N) is 2. The first kappa shape index (κ1) is 24.2. The number of benzene rings is 1. The minimum atomic E-state index is -0.704. The number of carbonyl (C=O) groups is 2. The molecule has 1 aromatic carbocycles. The molecule has 1 unspecified atom stereocenters. The SMILES string of the molecule is CCCCN(C(=O)CN1Cc2ccccc2CC1C(N)=O)c1c(N)n(CCC)c(=O)[nH]c1=O. The number of rotatable bonds is 9. The van der Waals surface area contributed by atoms with E-state index in [4.69, 9.17) is 11.5 Å². The summed E-state index contributed by atoms with van der Waals surface area (Å²) in [7, 11) is 0. The fraction of sp³-hybridized carbons (Fsp3) is 0.478. The van der Waals surface area contributed by atoms with Crippen molar-refractivity contribution in [2.45, 2.75) is 58.7 Å². The molecule has 3 rings (SSSR count). The van der Waals surface area contributed by atoms with Crippen LogP contribution in [0.5, 0.6) is 0 Å². The van der Waals surface area contributed by atoms with Crippen LogP contribution in [-0.2, 0) is 29.1 Å². The third-order valence-electron chi connectivity index (χ3n) is 5.98. The maximum atomic E-state index is 13.5. The third kappa shape index (κ3) is 5.16. The Morgan fingerprint density at radius 2 is 1.85 bits per heavy atom. The van der Waals surface area contributed by atoms with Crippen LogP contribution in [0.25, 0.3) is 0 Å². The predicted octanol–water partition coefficient (Wildman–Crippen LogP) is 0.574. The molecule has 178 valence electrons. The highest BCUT2D eigenvalue weighted by Crippen LogP contribution is 2.24. The first-order valence-electron chi connectivity index (χ1n) is 11.3. The first-order chi connectivity index (χ1) is 15.8. The molecular formula is C23H32N6O4. The first-order valence-corrected chi connectivity index (χ1v) is 11.3. The minimum Gasteiger partial charge on any atom is -0.383 e. The topological polar surface area (TPSA) is 148 Å². The number of nitrogen functional groups attached to an aromatic ring is 1. The van der Waals surface area contributed by atoms with E-state index in [0.717, 1.165) is 17.5 Å². The number of carbonyl (C=O) groups excluding carboxylic acids is 2. The monoisotopic (exact) mass is 456 g/mol. The third-order valence-corrected chi connectivity index (χ3v) is 5.98. The smallest absolute Gasteiger partial charge is 0.330 e. The molecule has 2 amide bonds. The fourth-order valence-electron chi connectivity index (χ4n) is 4.24. The van der Waals surface area contributed by atoms with Crippen LogP contribution in [-0.4, -0.2) is 45.4 Å². The number of nitrogens with one attached hydrogen (secondary N) is 1. The van der Waals surface area contributed by atoms with Gasteiger partial charge in [-0.3, -0.25) is 28.8 Å². The van der Waals surface area contributed by atoms with Gasteiger partial charge in [0.15, 0.2) is 5.69 Å². The summed E-state index contributed by atoms with van der Waals surface area (Å²) in [6, 6.07) is 7.09. The summed E-state index contributed by atoms with van der Waals surface area (Å²) in [6.45, 7) is 4.71. The number of primary amides is 1. The second-order valence-corrected chi connectivity index (χ2v) is 8.34. The van der Waals surface area contributed by atoms with E-state index in [-0.39, 0.29) is 30.5 Å². The van der Waals surface area contributed by atoms with Gasteiger partial charge in [0.2, 0.25) is 11.8 Å². The second kappa shape index (κ2) is 10.5. The van der Waals surface area contributed by atoms with Crippen LogP contribution in [0.3, 0.4) is 0 Å². The number of amides is 2. The summed E-state index contributed by atoms with van der Waals surface area (Å²) < 4.78 is 1.27. The Labute approximate surface area is 192 Å². The van der Waals surface area contributed by atoms with E-state index in [2.05, 4.69) is 4.98 Å². The van der Waals surface area contributed by atoms with Crippen LogP contribution in [0.2, 0.25) is 0 Å². The van der Waals surface area contributed by atoms with Gasteiger partial charge < -0.3 is 16.4 Å². The molecule has 10 heteroatoms. The summed E-state index contributed by atoms with van der Waals surface area (Å²) in [4.78, 5) is 56.0. The van der Waals surface area contributed by atoms with E-state index in [0.29, 0.717) is 32.4 Å². The Balaban J connectivity index is 1.96. The number of anilines is 2. The van der Waals surface area contributed by atoms with Crippen LogP contribution >= 0.6 is 0 Å². The summed E-state index contributed by atoms with van der Waals surface area (Å²) >= 11 is 0. The highest BCUT2D eigenvalue weighted by atomic mass is 16.2. The second-order valence-electron chi connectivity index (χ2n) is 8.34. The number of aromatic nitrogens is 2. The predicted molar refractivity (Wildman–Crippen MR) is 127 cm³/mol. The summed E-state index contributed by atoms with van der Waals surface area (Å²) in [5, 5.41) is 0. The number of hydrogen-bond donors (Lipinski definition) is 3. The molecule has 0 saturated carbocycles. The Morgan fingerprint density at radius 1 is 1.15 bits per heavy atom. The summed E-state index contributed by atoms with van der Waals surface area (Å²) in [5.74, 6) is -0.926. The van der Waals surface area contributed by atoms with Crippen molar-refractivity contribution < 1.29 is 9.59 Å². The van der Waals surface area contributed by atoms with E-state index in [1.54, 1.807) is 4.90 Å². The van der Waals surface area contributed by atoms with Crippen LogP contribution < -0.4 is 27.6 Å². The number of hydrogen-bond acceptors (Lipinski definition) is 6. The molecule has 0 fully saturated rings. The van der Waals surface area contributed by atoms with Gasteiger partial charge in [-0.1, -0.05) is 44.5 Å². The number of fused-ring (bicyclic) bond motifs is 1. The quantitative estimate of drug-likeness (QED) is 0.503. The van der Waals surface area contributed by atoms with Crippen LogP contribution in [0.4, 0.5) is 11.5 Å². The maximum absolute atomic E-state index is 13.5. The van der Waals surface area contributed by atoms with Gasteiger partial charge in [0, 0.05) is 19.6 Å². The molecule has 0 bridgehead atoms. The zero-order valence-electron chi connectivity index (χ0n) is 19.2. The Bertz CT molecular complexity index is 1140. The molecule has 33 heavy (non-hydrogen) atoms. The lowest BCUT2D eigenvalue weighted by Gasteiger charge is -2.36. The van der Waals surface area contributed by atoms with Gasteiger partial charge in [0.1, 0.15) is 5.82 Å². The standard InChI is InChI=1S/C23H32N6O4/c1-3-5-11-28(19-20(24)29(10-4-2)23(33)26-22(19)32)18(30)14-27-13-16-9-7-6-8-15(16)12-17(27)21(25)31/h6-9,17H,3-5,10-14,24H2,1-2H3,(H2,25,31)(H,26,32,33). The highest BCUT2D eigenvalue weighted by Gasteiger charge is 2.33. The van der Waals surface area contributed by atoms with Gasteiger partial charge >= 0.3 is 5.69 Å². The van der Waals surface area contributed by atoms with Crippen molar-refractivity contribution in [3.8, 4) is 0 Å². The van der Waals surface area contributed by atoms with Gasteiger partial charge in [0.25, 0.3) is 5.56 Å². The van der Waals surface area contributed by atoms with Crippen molar-refractivity contribution in [3.05, 3.63) is 56.2 Å². The minimum absolute atomic E-state index is 0.0328. The zero-order valence-corrected chi connectivity index (χ0v) is 19.2. The highest BCUT2D eigenvalue weighted by molar-refractivity contribution is 5.97. The average Bonchev–Trinajstić information content (AvgIpc) is 2.78. The average molecular weight is 457 g/mol. The number of unbranched alkanes of at least 4 members (excludes halogenated alkanes) is 1. The Morgan fingerprint density at radius 3 is 2.48 bits per heavy atom. The lowest BCUT2D eigenvalue weighted by Crippen LogP contribution is -2.53. The molecule has 10 nitrogen and oxygen atoms in total. The molecule has 1 aromatic heterocycles. The number of H-pyrrole nitrogens is 1. The lowest BCUT2D eigenvalue weighted by atomic mass is 9.93. The maximum Gasteiger partial charge on any atom is 0.330 e. The number of aromatic amines is 1. The zero-order chi connectivity index (χ0) is 24.1. The van der Waals surface area contributed by atoms with Gasteiger partial charge in [-0.2, -0.15) is 0 Å². The van der Waals surface area contributed by atoms with Crippen LogP contribution in [0, 0.1) is 0 Å². The van der Waals surface area contributed by atoms with Crippen molar-refractivity contribution in [1.29, 1.82) is 0 Å². The molecule has 1 atom stereocenters. The van der Waals surface area contributed by atoms with E-state index < -0.39 is 23.2 Å². The van der Waals surface area contributed by atoms with E-state index in [1.807, 2.05) is 38.1 Å². The summed E-state index contributed by atoms with van der Waals surface area (Å²) in [5.41, 5.74) is 12.6. The van der Waals surface area contributed by atoms with Gasteiger partial charge in [-0.05, 0) is 30.4 Å². The van der Waals surface area contributed by atoms with Crippen molar-refractivity contribution in [2.24, 2.45) is 5.73 Å². The molecule has 2 heterocycles. The van der Waals surface area contributed by atoms with Crippen LogP contribution in [0.15, 0.2) is 33.9 Å². The molecule has 5 N–H and O–H groups in total. The van der Waals surface area contributed by atoms with E-state index >= 15 is 0 Å². The van der Waals surface area contributed by atoms with E-state index in [1.165, 1.54) is 9.47 Å². The van der Waals surface area contributed by atoms with Crippen LogP contribution in [0.1, 0.15) is 44.2 Å². The van der Waals surface area contributed by atoms with Gasteiger partial charge in [0.05, 0.1) is 12.6 Å². The Kier molecular flexibility index (Phi) is 7.70. The van der Waals surface area contributed by atoms with Gasteiger partial charge in [-0.15, -0.1) is 0 Å². The molecular weight excluding hydrogens is 424 g/mol. The normalized spacial score (nSPS) is 15.8. The molecule has 0 saturated heterocycles. The fourth-order valence-corrected chi connectivity index (χ4v) is 4.24. The summed E-state index contributed by atoms with van der Waals surface area (Å²) in [6.07, 6.45) is 2.47. The Hall–Kier alpha value is -3.40. The largest absolute Gasteiger partial charge is 0.383 e. The van der Waals surface area contributed by atoms with Gasteiger partial charge in [-0.25, -0.2) is 4.79 Å². The van der Waals surface area contributed by atoms with E-state index in [9.17, 15) is 19.2 Å². The molecule has 1 aliphatic rings. The van der Waals surface area contributed by atoms with Crippen molar-refractivity contribution in [2.75, 3.05) is 23.7 Å². The molecule has 2 aromatic rings. The molecule has 1 aliphatic heterocycles. The van der Waals surface area contributed by atoms with Crippen molar-refractivity contribution in [1.82, 2.24) is 14.5 Å². The lowest BCUT2D eigenvalue weighted by molar-refractivity contribution is -0.126. The molecule has 0 spiro atoms. The van der Waals surface area contributed by atoms with Crippen molar-refractivity contribution in [3.63, 3.8) is 0 Å². The van der Waals surface area contributed by atoms with Crippen molar-refractivity contribution >= 4 is 23.3 Å². The molecule has 0 radical (unpaired) electrons. The number of nitrogens with zero attached hydrogens (tertiary/aromatic N) is 3.